The van der Waals surface area contributed by atoms with Crippen LogP contribution in [0, 0.1) is 19.3 Å². The van der Waals surface area contributed by atoms with Crippen molar-refractivity contribution >= 4 is 44.8 Å². The van der Waals surface area contributed by atoms with Crippen LogP contribution in [0.3, 0.4) is 0 Å². The molecule has 1 N–H and O–H groups in total. The average Bonchev–Trinajstić information content (AvgIpc) is 3.32. The molecule has 0 spiro atoms. The standard InChI is InChI=1S/C25H26Cl2N4O6S/c1-7-14(32)12-16-18(38(6,35)36)11-10-15(20(16)26)23(33)19-13(4)28-31(9-3)24(19)37-25(34)22-21(27)17(8-2)29-30(22)5/h1,10-11,14,32H,8-9,12H2,2-6H3. The van der Waals surface area contributed by atoms with E-state index in [-0.39, 0.29) is 61.9 Å². The van der Waals surface area contributed by atoms with Crippen molar-refractivity contribution in [2.45, 2.75) is 51.2 Å². The number of aromatic nitrogens is 4. The Labute approximate surface area is 230 Å². The molecule has 2 aromatic heterocycles. The van der Waals surface area contributed by atoms with Gasteiger partial charge in [0.1, 0.15) is 11.7 Å². The van der Waals surface area contributed by atoms with Gasteiger partial charge in [0.15, 0.2) is 15.5 Å². The van der Waals surface area contributed by atoms with Crippen molar-refractivity contribution in [2.75, 3.05) is 6.26 Å². The van der Waals surface area contributed by atoms with E-state index in [4.69, 9.17) is 34.4 Å². The van der Waals surface area contributed by atoms with Gasteiger partial charge in [-0.25, -0.2) is 17.9 Å². The van der Waals surface area contributed by atoms with Gasteiger partial charge in [-0.05, 0) is 38.0 Å². The van der Waals surface area contributed by atoms with E-state index in [9.17, 15) is 23.1 Å². The van der Waals surface area contributed by atoms with E-state index in [1.807, 2.05) is 6.92 Å². The number of rotatable bonds is 9. The first kappa shape index (κ1) is 29.4. The monoisotopic (exact) mass is 580 g/mol. The first-order chi connectivity index (χ1) is 17.8. The SMILES string of the molecule is C#CC(O)Cc1c(S(C)(=O)=O)ccc(C(=O)c2c(C)nn(CC)c2OC(=O)c2c(Cl)c(CC)nn2C)c1Cl. The number of hydrogen-bond acceptors (Lipinski definition) is 8. The number of esters is 1. The Morgan fingerprint density at radius 1 is 1.21 bits per heavy atom. The quantitative estimate of drug-likeness (QED) is 0.232. The molecular formula is C25H26Cl2N4O6S. The number of carbonyl (C=O) groups is 2. The van der Waals surface area contributed by atoms with Gasteiger partial charge in [-0.2, -0.15) is 10.2 Å². The number of halogens is 2. The predicted octanol–water partition coefficient (Wildman–Crippen LogP) is 3.20. The van der Waals surface area contributed by atoms with E-state index >= 15 is 0 Å². The number of carbonyl (C=O) groups excluding carboxylic acids is 2. The van der Waals surface area contributed by atoms with E-state index in [1.54, 1.807) is 20.9 Å². The molecule has 2 heterocycles. The van der Waals surface area contributed by atoms with Gasteiger partial charge in [-0.3, -0.25) is 9.48 Å². The number of terminal acetylenes is 1. The Hall–Kier alpha value is -3.17. The Morgan fingerprint density at radius 3 is 2.39 bits per heavy atom. The molecule has 0 saturated carbocycles. The van der Waals surface area contributed by atoms with Gasteiger partial charge in [0.25, 0.3) is 0 Å². The molecule has 1 aromatic carbocycles. The Balaban J connectivity index is 2.16. The molecule has 0 aliphatic rings. The third kappa shape index (κ3) is 5.49. The van der Waals surface area contributed by atoms with E-state index < -0.39 is 27.7 Å². The second-order valence-corrected chi connectivity index (χ2v) is 11.2. The van der Waals surface area contributed by atoms with Crippen LogP contribution in [0.15, 0.2) is 17.0 Å². The van der Waals surface area contributed by atoms with Crippen LogP contribution in [0.2, 0.25) is 10.0 Å². The van der Waals surface area contributed by atoms with E-state index in [0.29, 0.717) is 12.1 Å². The second-order valence-electron chi connectivity index (χ2n) is 8.45. The molecule has 3 aromatic rings. The van der Waals surface area contributed by atoms with E-state index in [0.717, 1.165) is 6.26 Å². The summed E-state index contributed by atoms with van der Waals surface area (Å²) in [4.78, 5) is 26.8. The molecule has 0 radical (unpaired) electrons. The highest BCUT2D eigenvalue weighted by Crippen LogP contribution is 2.34. The van der Waals surface area contributed by atoms with Gasteiger partial charge >= 0.3 is 5.97 Å². The summed E-state index contributed by atoms with van der Waals surface area (Å²) in [5.74, 6) is 0.462. The van der Waals surface area contributed by atoms with Gasteiger partial charge in [0.2, 0.25) is 11.7 Å². The summed E-state index contributed by atoms with van der Waals surface area (Å²) in [7, 11) is -2.22. The molecule has 202 valence electrons. The highest BCUT2D eigenvalue weighted by Gasteiger charge is 2.31. The lowest BCUT2D eigenvalue weighted by Gasteiger charge is -2.15. The average molecular weight is 581 g/mol. The Morgan fingerprint density at radius 2 is 1.87 bits per heavy atom. The lowest BCUT2D eigenvalue weighted by Crippen LogP contribution is -2.18. The van der Waals surface area contributed by atoms with Crippen molar-refractivity contribution in [1.29, 1.82) is 0 Å². The molecule has 10 nitrogen and oxygen atoms in total. The summed E-state index contributed by atoms with van der Waals surface area (Å²) >= 11 is 12.9. The minimum absolute atomic E-state index is 0.00157. The topological polar surface area (TPSA) is 133 Å². The number of hydrogen-bond donors (Lipinski definition) is 1. The van der Waals surface area contributed by atoms with Crippen molar-refractivity contribution in [1.82, 2.24) is 19.6 Å². The van der Waals surface area contributed by atoms with Gasteiger partial charge in [0, 0.05) is 31.8 Å². The Bertz CT molecular complexity index is 1580. The van der Waals surface area contributed by atoms with Crippen LogP contribution in [-0.4, -0.2) is 57.2 Å². The lowest BCUT2D eigenvalue weighted by atomic mass is 9.98. The van der Waals surface area contributed by atoms with Crippen LogP contribution >= 0.6 is 23.2 Å². The molecule has 1 unspecified atom stereocenters. The predicted molar refractivity (Wildman–Crippen MR) is 142 cm³/mol. The number of sulfone groups is 1. The minimum Gasteiger partial charge on any atom is -0.402 e. The van der Waals surface area contributed by atoms with Crippen molar-refractivity contribution in [3.05, 3.63) is 56.0 Å². The third-order valence-corrected chi connectivity index (χ3v) is 7.83. The molecule has 13 heteroatoms. The highest BCUT2D eigenvalue weighted by molar-refractivity contribution is 7.90. The maximum atomic E-state index is 13.8. The van der Waals surface area contributed by atoms with Gasteiger partial charge in [0.05, 0.1) is 26.3 Å². The fourth-order valence-electron chi connectivity index (χ4n) is 3.98. The van der Waals surface area contributed by atoms with Crippen LogP contribution in [-0.2, 0) is 36.3 Å². The van der Waals surface area contributed by atoms with Crippen LogP contribution in [0.25, 0.3) is 0 Å². The van der Waals surface area contributed by atoms with Gasteiger partial charge in [-0.15, -0.1) is 6.42 Å². The van der Waals surface area contributed by atoms with Gasteiger partial charge < -0.3 is 9.84 Å². The summed E-state index contributed by atoms with van der Waals surface area (Å²) in [5.41, 5.74) is 0.631. The zero-order chi connectivity index (χ0) is 28.5. The number of aryl methyl sites for hydroxylation is 4. The summed E-state index contributed by atoms with van der Waals surface area (Å²) in [6.45, 7) is 5.41. The van der Waals surface area contributed by atoms with Crippen molar-refractivity contribution in [3.63, 3.8) is 0 Å². The number of ketones is 1. The highest BCUT2D eigenvalue weighted by atomic mass is 35.5. The maximum absolute atomic E-state index is 13.8. The zero-order valence-electron chi connectivity index (χ0n) is 21.4. The number of aliphatic hydroxyl groups excluding tert-OH is 1. The van der Waals surface area contributed by atoms with Crippen LogP contribution in [0.1, 0.15) is 57.2 Å². The molecule has 0 saturated heterocycles. The second kappa shape index (κ2) is 11.3. The first-order valence-corrected chi connectivity index (χ1v) is 14.1. The smallest absolute Gasteiger partial charge is 0.364 e. The molecule has 0 aliphatic carbocycles. The molecule has 3 rings (SSSR count). The summed E-state index contributed by atoms with van der Waals surface area (Å²) < 4.78 is 33.0. The number of benzene rings is 1. The van der Waals surface area contributed by atoms with Crippen LogP contribution < -0.4 is 4.74 Å². The molecule has 1 atom stereocenters. The number of ether oxygens (including phenoxy) is 1. The zero-order valence-corrected chi connectivity index (χ0v) is 23.7. The van der Waals surface area contributed by atoms with Crippen molar-refractivity contribution < 1.29 is 27.9 Å². The summed E-state index contributed by atoms with van der Waals surface area (Å²) in [5, 5.41) is 18.5. The third-order valence-electron chi connectivity index (χ3n) is 5.81. The molecule has 0 bridgehead atoms. The molecular weight excluding hydrogens is 555 g/mol. The lowest BCUT2D eigenvalue weighted by molar-refractivity contribution is 0.0705. The number of nitrogens with zero attached hydrogens (tertiary/aromatic N) is 4. The van der Waals surface area contributed by atoms with E-state index in [1.165, 1.54) is 21.5 Å². The first-order valence-electron chi connectivity index (χ1n) is 11.5. The normalized spacial score (nSPS) is 12.3. The number of aliphatic hydroxyl groups is 1. The maximum Gasteiger partial charge on any atom is 0.364 e. The Kier molecular flexibility index (Phi) is 8.73. The van der Waals surface area contributed by atoms with E-state index in [2.05, 4.69) is 16.1 Å². The van der Waals surface area contributed by atoms with Crippen molar-refractivity contribution in [3.8, 4) is 18.2 Å². The summed E-state index contributed by atoms with van der Waals surface area (Å²) in [6, 6.07) is 2.48. The molecule has 0 fully saturated rings. The molecule has 0 amide bonds. The minimum atomic E-state index is -3.77. The van der Waals surface area contributed by atoms with Gasteiger partial charge in [-0.1, -0.05) is 36.0 Å². The summed E-state index contributed by atoms with van der Waals surface area (Å²) in [6.07, 6.45) is 5.10. The fourth-order valence-corrected chi connectivity index (χ4v) is 5.68. The van der Waals surface area contributed by atoms with Crippen LogP contribution in [0.4, 0.5) is 0 Å². The largest absolute Gasteiger partial charge is 0.402 e. The molecule has 38 heavy (non-hydrogen) atoms. The van der Waals surface area contributed by atoms with Crippen molar-refractivity contribution in [2.24, 2.45) is 7.05 Å². The van der Waals surface area contributed by atoms with Crippen LogP contribution in [0.5, 0.6) is 5.88 Å². The fraction of sp³-hybridized carbons (Fsp3) is 0.360. The molecule has 0 aliphatic heterocycles.